The van der Waals surface area contributed by atoms with Crippen molar-refractivity contribution in [3.05, 3.63) is 34.9 Å². The van der Waals surface area contributed by atoms with E-state index in [1.54, 1.807) is 0 Å². The maximum Gasteiger partial charge on any atom is 0.0247 e. The molecule has 0 bridgehead atoms. The van der Waals surface area contributed by atoms with Crippen molar-refractivity contribution in [3.63, 3.8) is 0 Å². The van der Waals surface area contributed by atoms with Crippen LogP contribution in [0.25, 0.3) is 0 Å². The van der Waals surface area contributed by atoms with Gasteiger partial charge in [-0.1, -0.05) is 45.4 Å². The predicted octanol–water partition coefficient (Wildman–Crippen LogP) is 3.90. The first-order valence-electron chi connectivity index (χ1n) is 8.55. The Morgan fingerprint density at radius 2 is 1.90 bits per heavy atom. The summed E-state index contributed by atoms with van der Waals surface area (Å²) in [6.45, 7) is 14.9. The van der Waals surface area contributed by atoms with Crippen LogP contribution in [-0.2, 0) is 6.54 Å². The minimum atomic E-state index is 0.650. The Hall–Kier alpha value is -0.860. The average molecular weight is 288 g/mol. The molecular weight excluding hydrogens is 256 g/mol. The van der Waals surface area contributed by atoms with E-state index in [2.05, 4.69) is 63.0 Å². The number of nitrogens with one attached hydrogen (secondary N) is 1. The standard InChI is InChI=1S/C19H32N2/c1-6-8-17-12-21(19(11-20-17)14(2)3)13-18-15(4)9-7-10-16(18)5/h7,9-10,14,17,19-20H,6,8,11-13H2,1-5H3. The van der Waals surface area contributed by atoms with Crippen molar-refractivity contribution < 1.29 is 0 Å². The van der Waals surface area contributed by atoms with Gasteiger partial charge in [0.15, 0.2) is 0 Å². The van der Waals surface area contributed by atoms with Gasteiger partial charge in [0, 0.05) is 31.7 Å². The van der Waals surface area contributed by atoms with Gasteiger partial charge < -0.3 is 5.32 Å². The van der Waals surface area contributed by atoms with Crippen molar-refractivity contribution in [2.45, 2.75) is 66.1 Å². The van der Waals surface area contributed by atoms with Crippen molar-refractivity contribution in [2.24, 2.45) is 5.92 Å². The largest absolute Gasteiger partial charge is 0.311 e. The maximum atomic E-state index is 3.75. The molecule has 0 spiro atoms. The number of aryl methyl sites for hydroxylation is 2. The van der Waals surface area contributed by atoms with E-state index in [1.807, 2.05) is 0 Å². The Morgan fingerprint density at radius 1 is 1.24 bits per heavy atom. The van der Waals surface area contributed by atoms with Gasteiger partial charge in [-0.2, -0.15) is 0 Å². The monoisotopic (exact) mass is 288 g/mol. The summed E-state index contributed by atoms with van der Waals surface area (Å²) in [5, 5.41) is 3.75. The topological polar surface area (TPSA) is 15.3 Å². The molecule has 2 heteroatoms. The van der Waals surface area contributed by atoms with Crippen molar-refractivity contribution in [1.82, 2.24) is 10.2 Å². The molecule has 1 fully saturated rings. The first-order valence-corrected chi connectivity index (χ1v) is 8.55. The summed E-state index contributed by atoms with van der Waals surface area (Å²) in [5.41, 5.74) is 4.39. The lowest BCUT2D eigenvalue weighted by atomic mass is 9.94. The summed E-state index contributed by atoms with van der Waals surface area (Å²) in [7, 11) is 0. The van der Waals surface area contributed by atoms with Crippen molar-refractivity contribution in [1.29, 1.82) is 0 Å². The van der Waals surface area contributed by atoms with Gasteiger partial charge >= 0.3 is 0 Å². The van der Waals surface area contributed by atoms with Crippen LogP contribution in [0.3, 0.4) is 0 Å². The lowest BCUT2D eigenvalue weighted by Crippen LogP contribution is -2.57. The van der Waals surface area contributed by atoms with Crippen LogP contribution in [-0.4, -0.2) is 30.1 Å². The van der Waals surface area contributed by atoms with E-state index in [0.717, 1.165) is 13.1 Å². The molecule has 0 radical (unpaired) electrons. The normalized spacial score (nSPS) is 23.7. The number of benzene rings is 1. The SMILES string of the molecule is CCCC1CN(Cc2c(C)cccc2C)C(C(C)C)CN1. The fourth-order valence-corrected chi connectivity index (χ4v) is 3.58. The highest BCUT2D eigenvalue weighted by molar-refractivity contribution is 5.33. The summed E-state index contributed by atoms with van der Waals surface area (Å²) in [5.74, 6) is 0.699. The van der Waals surface area contributed by atoms with Crippen LogP contribution in [0.2, 0.25) is 0 Å². The van der Waals surface area contributed by atoms with Crippen LogP contribution in [0, 0.1) is 19.8 Å². The van der Waals surface area contributed by atoms with Crippen LogP contribution in [0.1, 0.15) is 50.3 Å². The van der Waals surface area contributed by atoms with E-state index in [0.29, 0.717) is 18.0 Å². The molecule has 21 heavy (non-hydrogen) atoms. The third-order valence-corrected chi connectivity index (χ3v) is 4.95. The molecule has 1 aromatic rings. The zero-order chi connectivity index (χ0) is 15.4. The number of hydrogen-bond acceptors (Lipinski definition) is 2. The predicted molar refractivity (Wildman–Crippen MR) is 91.7 cm³/mol. The highest BCUT2D eigenvalue weighted by Crippen LogP contribution is 2.23. The van der Waals surface area contributed by atoms with Crippen molar-refractivity contribution in [3.8, 4) is 0 Å². The van der Waals surface area contributed by atoms with Gasteiger partial charge in [-0.15, -0.1) is 0 Å². The second kappa shape index (κ2) is 7.42. The molecule has 0 amide bonds. The highest BCUT2D eigenvalue weighted by atomic mass is 15.2. The van der Waals surface area contributed by atoms with Crippen LogP contribution in [0.5, 0.6) is 0 Å². The van der Waals surface area contributed by atoms with E-state index in [1.165, 1.54) is 36.1 Å². The second-order valence-corrected chi connectivity index (χ2v) is 7.01. The van der Waals surface area contributed by atoms with Gasteiger partial charge in [-0.25, -0.2) is 0 Å². The Kier molecular flexibility index (Phi) is 5.83. The summed E-state index contributed by atoms with van der Waals surface area (Å²) in [6.07, 6.45) is 2.55. The van der Waals surface area contributed by atoms with E-state index in [4.69, 9.17) is 0 Å². The molecule has 0 aliphatic carbocycles. The quantitative estimate of drug-likeness (QED) is 0.884. The molecule has 1 aliphatic heterocycles. The summed E-state index contributed by atoms with van der Waals surface area (Å²) in [4.78, 5) is 2.72. The number of rotatable bonds is 5. The number of nitrogens with zero attached hydrogens (tertiary/aromatic N) is 1. The third-order valence-electron chi connectivity index (χ3n) is 4.95. The summed E-state index contributed by atoms with van der Waals surface area (Å²) >= 11 is 0. The van der Waals surface area contributed by atoms with Gasteiger partial charge in [-0.3, -0.25) is 4.90 Å². The van der Waals surface area contributed by atoms with Gasteiger partial charge in [-0.05, 0) is 42.9 Å². The number of piperazine rings is 1. The molecule has 1 heterocycles. The Balaban J connectivity index is 2.16. The van der Waals surface area contributed by atoms with E-state index in [9.17, 15) is 0 Å². The zero-order valence-corrected chi connectivity index (χ0v) is 14.4. The van der Waals surface area contributed by atoms with Crippen LogP contribution >= 0.6 is 0 Å². The van der Waals surface area contributed by atoms with Crippen molar-refractivity contribution in [2.75, 3.05) is 13.1 Å². The molecule has 2 atom stereocenters. The molecule has 1 aromatic carbocycles. The molecule has 2 rings (SSSR count). The van der Waals surface area contributed by atoms with Gasteiger partial charge in [0.25, 0.3) is 0 Å². The van der Waals surface area contributed by atoms with Crippen LogP contribution in [0.4, 0.5) is 0 Å². The van der Waals surface area contributed by atoms with E-state index < -0.39 is 0 Å². The second-order valence-electron chi connectivity index (χ2n) is 7.01. The first-order chi connectivity index (χ1) is 10.0. The molecule has 2 unspecified atom stereocenters. The Bertz CT molecular complexity index is 433. The lowest BCUT2D eigenvalue weighted by Gasteiger charge is -2.43. The first kappa shape index (κ1) is 16.5. The maximum absolute atomic E-state index is 3.75. The fraction of sp³-hybridized carbons (Fsp3) is 0.684. The van der Waals surface area contributed by atoms with Gasteiger partial charge in [0.2, 0.25) is 0 Å². The summed E-state index contributed by atoms with van der Waals surface area (Å²) < 4.78 is 0. The minimum Gasteiger partial charge on any atom is -0.311 e. The van der Waals surface area contributed by atoms with E-state index in [-0.39, 0.29) is 0 Å². The molecule has 0 saturated carbocycles. The minimum absolute atomic E-state index is 0.650. The average Bonchev–Trinajstić information content (AvgIpc) is 2.43. The van der Waals surface area contributed by atoms with Crippen LogP contribution < -0.4 is 5.32 Å². The van der Waals surface area contributed by atoms with Gasteiger partial charge in [0.05, 0.1) is 0 Å². The smallest absolute Gasteiger partial charge is 0.0247 e. The molecule has 118 valence electrons. The van der Waals surface area contributed by atoms with Crippen molar-refractivity contribution >= 4 is 0 Å². The lowest BCUT2D eigenvalue weighted by molar-refractivity contribution is 0.0881. The highest BCUT2D eigenvalue weighted by Gasteiger charge is 2.29. The number of hydrogen-bond donors (Lipinski definition) is 1. The molecule has 1 N–H and O–H groups in total. The third kappa shape index (κ3) is 4.08. The molecule has 0 aromatic heterocycles. The molecule has 1 aliphatic rings. The van der Waals surface area contributed by atoms with E-state index >= 15 is 0 Å². The Morgan fingerprint density at radius 3 is 2.48 bits per heavy atom. The fourth-order valence-electron chi connectivity index (χ4n) is 3.58. The summed E-state index contributed by atoms with van der Waals surface area (Å²) in [6, 6.07) is 7.98. The zero-order valence-electron chi connectivity index (χ0n) is 14.4. The van der Waals surface area contributed by atoms with Crippen LogP contribution in [0.15, 0.2) is 18.2 Å². The molecule has 2 nitrogen and oxygen atoms in total. The molecule has 1 saturated heterocycles. The molecular formula is C19H32N2. The van der Waals surface area contributed by atoms with Gasteiger partial charge in [0.1, 0.15) is 0 Å². The Labute approximate surface area is 130 Å².